The largest absolute Gasteiger partial charge is 0.356 e. The highest BCUT2D eigenvalue weighted by atomic mass is 127. The van der Waals surface area contributed by atoms with Crippen molar-refractivity contribution in [2.24, 2.45) is 4.99 Å². The van der Waals surface area contributed by atoms with Gasteiger partial charge in [0.05, 0.1) is 0 Å². The maximum Gasteiger partial charge on any atom is 0.227 e. The molecule has 2 N–H and O–H groups in total. The first-order valence-electron chi connectivity index (χ1n) is 10.2. The van der Waals surface area contributed by atoms with Crippen LogP contribution in [-0.4, -0.2) is 32.0 Å². The molecule has 2 aliphatic rings. The minimum atomic E-state index is -0.185. The third-order valence-electron chi connectivity index (χ3n) is 5.89. The number of halogens is 2. The Morgan fingerprint density at radius 1 is 1.17 bits per heavy atom. The average molecular weight is 522 g/mol. The van der Waals surface area contributed by atoms with Gasteiger partial charge in [-0.1, -0.05) is 24.3 Å². The Labute approximate surface area is 194 Å². The second kappa shape index (κ2) is 9.76. The number of amides is 1. The van der Waals surface area contributed by atoms with Crippen LogP contribution in [0.1, 0.15) is 36.8 Å². The van der Waals surface area contributed by atoms with Crippen molar-refractivity contribution < 1.29 is 9.18 Å². The van der Waals surface area contributed by atoms with Crippen molar-refractivity contribution in [2.75, 3.05) is 25.0 Å². The van der Waals surface area contributed by atoms with E-state index < -0.39 is 0 Å². The number of rotatable bonds is 6. The van der Waals surface area contributed by atoms with Gasteiger partial charge in [-0.15, -0.1) is 24.0 Å². The number of hydrogen-bond donors (Lipinski definition) is 2. The molecule has 4 rings (SSSR count). The third kappa shape index (κ3) is 5.11. The van der Waals surface area contributed by atoms with E-state index in [9.17, 15) is 9.18 Å². The van der Waals surface area contributed by atoms with Crippen LogP contribution in [0.5, 0.6) is 0 Å². The summed E-state index contributed by atoms with van der Waals surface area (Å²) in [6.45, 7) is 2.17. The van der Waals surface area contributed by atoms with Crippen molar-refractivity contribution in [3.8, 4) is 0 Å². The lowest BCUT2D eigenvalue weighted by Gasteiger charge is -2.19. The van der Waals surface area contributed by atoms with Gasteiger partial charge in [0.2, 0.25) is 5.91 Å². The van der Waals surface area contributed by atoms with Crippen LogP contribution in [-0.2, 0) is 16.8 Å². The van der Waals surface area contributed by atoms with Gasteiger partial charge in [-0.25, -0.2) is 4.39 Å². The predicted octanol–water partition coefficient (Wildman–Crippen LogP) is 3.97. The summed E-state index contributed by atoms with van der Waals surface area (Å²) in [5.74, 6) is 0.745. The molecule has 1 saturated carbocycles. The van der Waals surface area contributed by atoms with E-state index in [4.69, 9.17) is 0 Å². The molecule has 30 heavy (non-hydrogen) atoms. The van der Waals surface area contributed by atoms with Crippen molar-refractivity contribution >= 4 is 41.5 Å². The lowest BCUT2D eigenvalue weighted by atomic mass is 9.96. The monoisotopic (exact) mass is 522 g/mol. The zero-order valence-corrected chi connectivity index (χ0v) is 19.5. The number of carbonyl (C=O) groups excluding carboxylic acids is 1. The van der Waals surface area contributed by atoms with E-state index in [1.54, 1.807) is 19.2 Å². The number of guanidine groups is 1. The van der Waals surface area contributed by atoms with E-state index >= 15 is 0 Å². The Hall–Kier alpha value is -2.16. The van der Waals surface area contributed by atoms with E-state index in [0.717, 1.165) is 55.1 Å². The van der Waals surface area contributed by atoms with Gasteiger partial charge in [0, 0.05) is 44.2 Å². The molecule has 160 valence electrons. The number of nitrogens with one attached hydrogen (secondary N) is 2. The first-order chi connectivity index (χ1) is 14.1. The molecule has 5 nitrogen and oxygen atoms in total. The number of nitrogens with zero attached hydrogens (tertiary/aromatic N) is 2. The number of anilines is 1. The summed E-state index contributed by atoms with van der Waals surface area (Å²) in [5, 5.41) is 6.72. The molecule has 0 unspecified atom stereocenters. The quantitative estimate of drug-likeness (QED) is 0.343. The number of carbonyl (C=O) groups is 1. The highest BCUT2D eigenvalue weighted by molar-refractivity contribution is 14.0. The number of hydrogen-bond acceptors (Lipinski definition) is 2. The van der Waals surface area contributed by atoms with E-state index in [-0.39, 0.29) is 41.1 Å². The van der Waals surface area contributed by atoms with Crippen molar-refractivity contribution in [2.45, 2.75) is 37.6 Å². The van der Waals surface area contributed by atoms with Crippen LogP contribution in [0.2, 0.25) is 0 Å². The van der Waals surface area contributed by atoms with Gasteiger partial charge in [-0.2, -0.15) is 0 Å². The van der Waals surface area contributed by atoms with Gasteiger partial charge in [0.1, 0.15) is 5.82 Å². The molecule has 0 aromatic heterocycles. The molecule has 1 saturated heterocycles. The maximum atomic E-state index is 13.6. The van der Waals surface area contributed by atoms with Gasteiger partial charge in [-0.05, 0) is 54.7 Å². The van der Waals surface area contributed by atoms with Crippen LogP contribution in [0.4, 0.5) is 10.1 Å². The van der Waals surface area contributed by atoms with Crippen molar-refractivity contribution in [3.63, 3.8) is 0 Å². The molecule has 2 aromatic rings. The standard InChI is InChI=1S/C23H27FN4O.HI/c1-25-22(27-16-23(11-12-23)18-4-2-5-19(24)14-18)26-15-17-7-9-20(10-8-17)28-13-3-6-21(28)29;/h2,4-5,7-10,14H,3,6,11-13,15-16H2,1H3,(H2,25,26,27);1H. The van der Waals surface area contributed by atoms with E-state index in [1.807, 2.05) is 35.2 Å². The third-order valence-corrected chi connectivity index (χ3v) is 5.89. The molecule has 7 heteroatoms. The molecule has 1 amide bonds. The fourth-order valence-electron chi connectivity index (χ4n) is 3.91. The first-order valence-corrected chi connectivity index (χ1v) is 10.2. The lowest BCUT2D eigenvalue weighted by molar-refractivity contribution is -0.117. The highest BCUT2D eigenvalue weighted by Gasteiger charge is 2.44. The molecule has 2 fully saturated rings. The summed E-state index contributed by atoms with van der Waals surface area (Å²) in [6, 6.07) is 15.0. The normalized spacial score (nSPS) is 17.5. The Bertz CT molecular complexity index is 912. The summed E-state index contributed by atoms with van der Waals surface area (Å²) in [4.78, 5) is 18.0. The fraction of sp³-hybridized carbons (Fsp3) is 0.391. The van der Waals surface area contributed by atoms with Crippen LogP contribution in [0.3, 0.4) is 0 Å². The summed E-state index contributed by atoms with van der Waals surface area (Å²) in [6.07, 6.45) is 3.68. The summed E-state index contributed by atoms with van der Waals surface area (Å²) >= 11 is 0. The molecule has 1 aliphatic heterocycles. The zero-order chi connectivity index (χ0) is 20.3. The Morgan fingerprint density at radius 3 is 2.53 bits per heavy atom. The van der Waals surface area contributed by atoms with Crippen LogP contribution >= 0.6 is 24.0 Å². The minimum absolute atomic E-state index is 0. The summed E-state index contributed by atoms with van der Waals surface area (Å²) in [5.41, 5.74) is 3.13. The molecule has 0 atom stereocenters. The van der Waals surface area contributed by atoms with Crippen LogP contribution in [0, 0.1) is 5.82 Å². The smallest absolute Gasteiger partial charge is 0.227 e. The van der Waals surface area contributed by atoms with Crippen LogP contribution in [0.15, 0.2) is 53.5 Å². The molecule has 1 heterocycles. The van der Waals surface area contributed by atoms with E-state index in [2.05, 4.69) is 15.6 Å². The van der Waals surface area contributed by atoms with Crippen molar-refractivity contribution in [1.29, 1.82) is 0 Å². The Morgan fingerprint density at radius 2 is 1.93 bits per heavy atom. The second-order valence-electron chi connectivity index (χ2n) is 7.89. The molecule has 2 aromatic carbocycles. The Kier molecular flexibility index (Phi) is 7.33. The first kappa shape index (κ1) is 22.5. The van der Waals surface area contributed by atoms with Gasteiger partial charge in [0.15, 0.2) is 5.96 Å². The molecule has 0 bridgehead atoms. The molecule has 0 spiro atoms. The van der Waals surface area contributed by atoms with Crippen LogP contribution < -0.4 is 15.5 Å². The highest BCUT2D eigenvalue weighted by Crippen LogP contribution is 2.47. The van der Waals surface area contributed by atoms with Gasteiger partial charge >= 0.3 is 0 Å². The van der Waals surface area contributed by atoms with E-state index in [1.165, 1.54) is 6.07 Å². The summed E-state index contributed by atoms with van der Waals surface area (Å²) in [7, 11) is 1.75. The molecular weight excluding hydrogens is 494 g/mol. The van der Waals surface area contributed by atoms with E-state index in [0.29, 0.717) is 13.0 Å². The molecule has 1 aliphatic carbocycles. The maximum absolute atomic E-state index is 13.6. The lowest BCUT2D eigenvalue weighted by Crippen LogP contribution is -2.40. The predicted molar refractivity (Wildman–Crippen MR) is 129 cm³/mol. The zero-order valence-electron chi connectivity index (χ0n) is 17.2. The van der Waals surface area contributed by atoms with Crippen LogP contribution in [0.25, 0.3) is 0 Å². The van der Waals surface area contributed by atoms with Crippen molar-refractivity contribution in [1.82, 2.24) is 10.6 Å². The van der Waals surface area contributed by atoms with Gasteiger partial charge < -0.3 is 15.5 Å². The Balaban J connectivity index is 0.00000256. The molecular formula is C23H28FIN4O. The second-order valence-corrected chi connectivity index (χ2v) is 7.89. The number of benzene rings is 2. The fourth-order valence-corrected chi connectivity index (χ4v) is 3.91. The SMILES string of the molecule is CN=C(NCc1ccc(N2CCCC2=O)cc1)NCC1(c2cccc(F)c2)CC1.I. The minimum Gasteiger partial charge on any atom is -0.356 e. The van der Waals surface area contributed by atoms with Gasteiger partial charge in [0.25, 0.3) is 0 Å². The summed E-state index contributed by atoms with van der Waals surface area (Å²) < 4.78 is 13.6. The van der Waals surface area contributed by atoms with Gasteiger partial charge in [-0.3, -0.25) is 9.79 Å². The molecule has 0 radical (unpaired) electrons. The average Bonchev–Trinajstić information content (AvgIpc) is 3.42. The topological polar surface area (TPSA) is 56.7 Å². The number of aliphatic imine (C=N–C) groups is 1. The van der Waals surface area contributed by atoms with Crippen molar-refractivity contribution in [3.05, 3.63) is 65.5 Å².